The van der Waals surface area contributed by atoms with Gasteiger partial charge in [0, 0.05) is 0 Å². The summed E-state index contributed by atoms with van der Waals surface area (Å²) < 4.78 is 0. The molecule has 0 bridgehead atoms. The van der Waals surface area contributed by atoms with E-state index in [0.717, 1.165) is 0 Å². The van der Waals surface area contributed by atoms with Crippen LogP contribution in [-0.2, 0) is 24.0 Å². The summed E-state index contributed by atoms with van der Waals surface area (Å²) in [6.07, 6.45) is -0.149. The largest absolute Gasteiger partial charge is 0.481 e. The fraction of sp³-hybridized carbons (Fsp3) is 0.643. The molecular weight excluding hydrogens is 350 g/mol. The molecule has 0 aromatic heterocycles. The summed E-state index contributed by atoms with van der Waals surface area (Å²) in [5.74, 6) is -5.41. The Kier molecular flexibility index (Phi) is 10.5. The van der Waals surface area contributed by atoms with Gasteiger partial charge in [-0.3, -0.25) is 19.2 Å². The monoisotopic (exact) mass is 375 g/mol. The topological polar surface area (TPSA) is 228 Å². The number of aliphatic carboxylic acids is 2. The molecule has 0 aromatic carbocycles. The fourth-order valence-electron chi connectivity index (χ4n) is 1.99. The molecule has 148 valence electrons. The van der Waals surface area contributed by atoms with E-state index >= 15 is 0 Å². The zero-order chi connectivity index (χ0) is 20.3. The van der Waals surface area contributed by atoms with Crippen LogP contribution in [0.4, 0.5) is 0 Å². The van der Waals surface area contributed by atoms with Crippen molar-refractivity contribution in [3.63, 3.8) is 0 Å². The lowest BCUT2D eigenvalue weighted by Gasteiger charge is -2.22. The van der Waals surface area contributed by atoms with E-state index in [1.165, 1.54) is 0 Å². The lowest BCUT2D eigenvalue weighted by atomic mass is 10.1. The molecule has 3 unspecified atom stereocenters. The van der Waals surface area contributed by atoms with Crippen LogP contribution in [0.2, 0.25) is 0 Å². The summed E-state index contributed by atoms with van der Waals surface area (Å²) in [6, 6.07) is -4.09. The smallest absolute Gasteiger partial charge is 0.326 e. The van der Waals surface area contributed by atoms with Gasteiger partial charge in [-0.15, -0.1) is 0 Å². The summed E-state index contributed by atoms with van der Waals surface area (Å²) >= 11 is 0. The summed E-state index contributed by atoms with van der Waals surface area (Å²) in [4.78, 5) is 56.8. The predicted octanol–water partition coefficient (Wildman–Crippen LogP) is -3.15. The highest BCUT2D eigenvalue weighted by Crippen LogP contribution is 2.04. The molecule has 0 spiro atoms. The fourth-order valence-corrected chi connectivity index (χ4v) is 1.99. The Morgan fingerprint density at radius 1 is 0.885 bits per heavy atom. The summed E-state index contributed by atoms with van der Waals surface area (Å²) in [6.45, 7) is 0.347. The highest BCUT2D eigenvalue weighted by Gasteiger charge is 2.29. The second-order valence-electron chi connectivity index (χ2n) is 5.62. The third kappa shape index (κ3) is 9.54. The number of hydrogen-bond acceptors (Lipinski definition) is 7. The molecule has 3 atom stereocenters. The van der Waals surface area contributed by atoms with E-state index in [1.807, 2.05) is 0 Å². The van der Waals surface area contributed by atoms with Crippen molar-refractivity contribution < 1.29 is 34.2 Å². The molecule has 0 saturated heterocycles. The van der Waals surface area contributed by atoms with Crippen LogP contribution in [0.3, 0.4) is 0 Å². The van der Waals surface area contributed by atoms with Crippen molar-refractivity contribution in [1.82, 2.24) is 10.6 Å². The average Bonchev–Trinajstić information content (AvgIpc) is 2.51. The number of hydrogen-bond donors (Lipinski definition) is 7. The third-order valence-electron chi connectivity index (χ3n) is 3.33. The van der Waals surface area contributed by atoms with Crippen molar-refractivity contribution in [2.75, 3.05) is 6.54 Å². The zero-order valence-electron chi connectivity index (χ0n) is 14.1. The number of nitrogens with one attached hydrogen (secondary N) is 2. The van der Waals surface area contributed by atoms with Gasteiger partial charge >= 0.3 is 11.9 Å². The van der Waals surface area contributed by atoms with Gasteiger partial charge in [-0.05, 0) is 25.8 Å². The van der Waals surface area contributed by atoms with Crippen molar-refractivity contribution in [3.8, 4) is 0 Å². The number of carboxylic acid groups (broad SMARTS) is 2. The molecule has 0 aromatic rings. The van der Waals surface area contributed by atoms with Crippen LogP contribution in [0.1, 0.15) is 32.1 Å². The lowest BCUT2D eigenvalue weighted by molar-refractivity contribution is -0.144. The lowest BCUT2D eigenvalue weighted by Crippen LogP contribution is -2.55. The SMILES string of the molecule is NCCCCC(NC(=O)C(N)CC(=O)O)C(=O)NC(CC(N)=O)C(=O)O. The Bertz CT molecular complexity index is 540. The first-order chi connectivity index (χ1) is 12.1. The molecule has 0 heterocycles. The molecule has 10 N–H and O–H groups in total. The maximum absolute atomic E-state index is 12.3. The van der Waals surface area contributed by atoms with Crippen LogP contribution in [0.15, 0.2) is 0 Å². The molecule has 0 fully saturated rings. The maximum Gasteiger partial charge on any atom is 0.326 e. The number of primary amides is 1. The minimum atomic E-state index is -1.55. The Balaban J connectivity index is 5.05. The number of carboxylic acids is 2. The van der Waals surface area contributed by atoms with Gasteiger partial charge in [0.05, 0.1) is 18.9 Å². The molecular formula is C14H25N5O7. The molecule has 12 heteroatoms. The van der Waals surface area contributed by atoms with E-state index in [1.54, 1.807) is 0 Å². The molecule has 0 saturated carbocycles. The summed E-state index contributed by atoms with van der Waals surface area (Å²) in [7, 11) is 0. The Morgan fingerprint density at radius 3 is 1.92 bits per heavy atom. The number of amides is 3. The van der Waals surface area contributed by atoms with Gasteiger partial charge in [-0.1, -0.05) is 0 Å². The van der Waals surface area contributed by atoms with Gasteiger partial charge in [0.15, 0.2) is 0 Å². The van der Waals surface area contributed by atoms with Gasteiger partial charge in [-0.2, -0.15) is 0 Å². The predicted molar refractivity (Wildman–Crippen MR) is 88.4 cm³/mol. The van der Waals surface area contributed by atoms with Crippen molar-refractivity contribution in [3.05, 3.63) is 0 Å². The van der Waals surface area contributed by atoms with Gasteiger partial charge in [-0.25, -0.2) is 4.79 Å². The molecule has 12 nitrogen and oxygen atoms in total. The van der Waals surface area contributed by atoms with Crippen LogP contribution in [0.25, 0.3) is 0 Å². The third-order valence-corrected chi connectivity index (χ3v) is 3.33. The second-order valence-corrected chi connectivity index (χ2v) is 5.62. The molecule has 0 aliphatic rings. The first-order valence-electron chi connectivity index (χ1n) is 7.87. The molecule has 0 radical (unpaired) electrons. The highest BCUT2D eigenvalue weighted by atomic mass is 16.4. The Hall–Kier alpha value is -2.73. The highest BCUT2D eigenvalue weighted by molar-refractivity contribution is 5.93. The van der Waals surface area contributed by atoms with E-state index < -0.39 is 60.6 Å². The van der Waals surface area contributed by atoms with Crippen molar-refractivity contribution >= 4 is 29.7 Å². The first kappa shape index (κ1) is 23.3. The van der Waals surface area contributed by atoms with E-state index in [9.17, 15) is 24.0 Å². The van der Waals surface area contributed by atoms with Crippen molar-refractivity contribution in [2.45, 2.75) is 50.2 Å². The first-order valence-corrected chi connectivity index (χ1v) is 7.87. The molecule has 0 rings (SSSR count). The standard InChI is InChI=1S/C14H25N5O7/c15-4-2-1-3-8(18-12(23)7(16)5-11(21)22)13(24)19-9(14(25)26)6-10(17)20/h7-9H,1-6,15-16H2,(H2,17,20)(H,18,23)(H,19,24)(H,21,22)(H,25,26). The minimum Gasteiger partial charge on any atom is -0.481 e. The van der Waals surface area contributed by atoms with Crippen LogP contribution in [0, 0.1) is 0 Å². The van der Waals surface area contributed by atoms with E-state index in [2.05, 4.69) is 10.6 Å². The van der Waals surface area contributed by atoms with Gasteiger partial charge in [0.1, 0.15) is 12.1 Å². The molecule has 0 aliphatic heterocycles. The zero-order valence-corrected chi connectivity index (χ0v) is 14.1. The average molecular weight is 375 g/mol. The maximum atomic E-state index is 12.3. The number of carbonyl (C=O) groups is 5. The quantitative estimate of drug-likeness (QED) is 0.161. The summed E-state index contributed by atoms with van der Waals surface area (Å²) in [5, 5.41) is 22.1. The molecule has 26 heavy (non-hydrogen) atoms. The van der Waals surface area contributed by atoms with Crippen LogP contribution >= 0.6 is 0 Å². The van der Waals surface area contributed by atoms with E-state index in [-0.39, 0.29) is 6.42 Å². The van der Waals surface area contributed by atoms with E-state index in [4.69, 9.17) is 27.4 Å². The second kappa shape index (κ2) is 11.8. The number of unbranched alkanes of at least 4 members (excludes halogenated alkanes) is 1. The molecule has 0 aliphatic carbocycles. The number of carbonyl (C=O) groups excluding carboxylic acids is 3. The number of nitrogens with two attached hydrogens (primary N) is 3. The van der Waals surface area contributed by atoms with E-state index in [0.29, 0.717) is 19.4 Å². The minimum absolute atomic E-state index is 0.122. The van der Waals surface area contributed by atoms with Crippen LogP contribution < -0.4 is 27.8 Å². The van der Waals surface area contributed by atoms with Crippen molar-refractivity contribution in [2.24, 2.45) is 17.2 Å². The van der Waals surface area contributed by atoms with Crippen molar-refractivity contribution in [1.29, 1.82) is 0 Å². The molecule has 3 amide bonds. The van der Waals surface area contributed by atoms with Gasteiger partial charge in [0.25, 0.3) is 0 Å². The Morgan fingerprint density at radius 2 is 1.46 bits per heavy atom. The number of rotatable bonds is 13. The summed E-state index contributed by atoms with van der Waals surface area (Å²) in [5.41, 5.74) is 15.7. The Labute approximate surface area is 149 Å². The van der Waals surface area contributed by atoms with Gasteiger partial charge in [0.2, 0.25) is 17.7 Å². The van der Waals surface area contributed by atoms with Crippen LogP contribution in [-0.4, -0.2) is 64.5 Å². The van der Waals surface area contributed by atoms with Crippen LogP contribution in [0.5, 0.6) is 0 Å². The van der Waals surface area contributed by atoms with Gasteiger partial charge < -0.3 is 38.0 Å². The normalized spacial score (nSPS) is 13.9.